The maximum atomic E-state index is 13.5. The molecule has 0 spiro atoms. The number of aromatic nitrogens is 1. The highest BCUT2D eigenvalue weighted by atomic mass is 32.2. The molecule has 192 valence electrons. The van der Waals surface area contributed by atoms with Gasteiger partial charge in [0, 0.05) is 56.1 Å². The van der Waals surface area contributed by atoms with E-state index in [9.17, 15) is 34.8 Å². The third-order valence-electron chi connectivity index (χ3n) is 5.96. The summed E-state index contributed by atoms with van der Waals surface area (Å²) in [5, 5.41) is 1.51. The molecule has 0 bridgehead atoms. The van der Waals surface area contributed by atoms with Gasteiger partial charge in [0.05, 0.1) is 11.9 Å². The summed E-state index contributed by atoms with van der Waals surface area (Å²) < 4.78 is 102. The molecule has 0 saturated carbocycles. The quantitative estimate of drug-likeness (QED) is 0.569. The van der Waals surface area contributed by atoms with E-state index >= 15 is 0 Å². The number of halogens is 3. The molecule has 0 radical (unpaired) electrons. The van der Waals surface area contributed by atoms with Crippen molar-refractivity contribution in [1.29, 1.82) is 0 Å². The highest BCUT2D eigenvalue weighted by Gasteiger charge is 2.44. The second kappa shape index (κ2) is 8.80. The lowest BCUT2D eigenvalue weighted by molar-refractivity contribution is 0.101. The van der Waals surface area contributed by atoms with Gasteiger partial charge in [-0.15, -0.1) is 0 Å². The Bertz CT molecular complexity index is 1390. The van der Waals surface area contributed by atoms with E-state index in [1.807, 2.05) is 0 Å². The lowest BCUT2D eigenvalue weighted by Crippen LogP contribution is -2.44. The smallest absolute Gasteiger partial charge is 0.276 e. The van der Waals surface area contributed by atoms with Crippen LogP contribution in [0.3, 0.4) is 0 Å². The topological polar surface area (TPSA) is 127 Å². The molecule has 0 unspecified atom stereocenters. The molecule has 15 heteroatoms. The van der Waals surface area contributed by atoms with Crippen molar-refractivity contribution in [3.8, 4) is 5.75 Å². The fraction of sp³-hybridized carbons (Fsp3) is 0.450. The Morgan fingerprint density at radius 2 is 1.83 bits per heavy atom. The Balaban J connectivity index is 1.66. The summed E-state index contributed by atoms with van der Waals surface area (Å²) >= 11 is 0. The van der Waals surface area contributed by atoms with Crippen molar-refractivity contribution in [3.05, 3.63) is 41.5 Å². The Morgan fingerprint density at radius 3 is 2.43 bits per heavy atom. The zero-order valence-electron chi connectivity index (χ0n) is 18.9. The fourth-order valence-electron chi connectivity index (χ4n) is 4.08. The minimum Gasteiger partial charge on any atom is -0.489 e. The van der Waals surface area contributed by atoms with Gasteiger partial charge in [-0.25, -0.2) is 34.7 Å². The number of nitrogens with zero attached hydrogens (tertiary/aromatic N) is 2. The molecule has 1 aromatic carbocycles. The average Bonchev–Trinajstić information content (AvgIpc) is 3.30. The number of benzene rings is 1. The van der Waals surface area contributed by atoms with Crippen LogP contribution in [0.2, 0.25) is 0 Å². The number of hydrogen-bond donors (Lipinski definition) is 2. The fourth-order valence-corrected chi connectivity index (χ4v) is 6.93. The Labute approximate surface area is 200 Å². The third kappa shape index (κ3) is 4.52. The Kier molecular flexibility index (Phi) is 6.40. The number of rotatable bonds is 4. The van der Waals surface area contributed by atoms with Crippen LogP contribution in [0.5, 0.6) is 5.75 Å². The van der Waals surface area contributed by atoms with Crippen LogP contribution in [0.4, 0.5) is 18.9 Å². The second-order valence-electron chi connectivity index (χ2n) is 8.70. The number of sulfonamides is 2. The number of carbonyl (C=O) groups is 1. The Hall–Kier alpha value is -2.62. The predicted octanol–water partition coefficient (Wildman–Crippen LogP) is 1.40. The van der Waals surface area contributed by atoms with Crippen LogP contribution in [-0.4, -0.2) is 62.6 Å². The van der Waals surface area contributed by atoms with Crippen LogP contribution in [0.1, 0.15) is 24.3 Å². The lowest BCUT2D eigenvalue weighted by Gasteiger charge is -2.23. The number of fused-ring (bicyclic) bond motifs is 2. The molecule has 2 aliphatic rings. The van der Waals surface area contributed by atoms with Crippen molar-refractivity contribution in [2.45, 2.75) is 30.0 Å². The van der Waals surface area contributed by atoms with Gasteiger partial charge in [0.2, 0.25) is 20.0 Å². The van der Waals surface area contributed by atoms with Crippen LogP contribution in [0.25, 0.3) is 0 Å². The molecule has 2 atom stereocenters. The third-order valence-corrected chi connectivity index (χ3v) is 9.65. The van der Waals surface area contributed by atoms with Crippen LogP contribution in [0.15, 0.2) is 23.2 Å². The molecule has 1 fully saturated rings. The summed E-state index contributed by atoms with van der Waals surface area (Å²) in [5.74, 6) is -6.53. The molecular weight excluding hydrogens is 513 g/mol. The van der Waals surface area contributed by atoms with Crippen LogP contribution < -0.4 is 14.8 Å². The van der Waals surface area contributed by atoms with E-state index in [2.05, 4.69) is 10.0 Å². The molecule has 2 aromatic rings. The van der Waals surface area contributed by atoms with Crippen LogP contribution in [-0.2, 0) is 27.1 Å². The predicted molar refractivity (Wildman–Crippen MR) is 118 cm³/mol. The summed E-state index contributed by atoms with van der Waals surface area (Å²) in [6, 6.07) is 0.411. The minimum absolute atomic E-state index is 0.0194. The maximum absolute atomic E-state index is 13.5. The molecule has 1 saturated heterocycles. The van der Waals surface area contributed by atoms with Gasteiger partial charge in [-0.05, 0) is 13.8 Å². The second-order valence-corrected chi connectivity index (χ2v) is 12.9. The van der Waals surface area contributed by atoms with E-state index in [0.29, 0.717) is 12.1 Å². The van der Waals surface area contributed by atoms with E-state index in [1.165, 1.54) is 29.8 Å². The standard InChI is InChI=1S/C20H23F3N4O6S2/c1-10(2)35(31,32)27-6-11-9-33-19-16(34(29,30)25-15(11)7-27)8-26(3)18(19)20(28)24-12-4-13(21)17(23)14(22)5-12/h4-5,8,10-11,15,25H,6-7,9H2,1-3H3,(H,24,28)/t11-,15-/m0/s1. The Morgan fingerprint density at radius 1 is 1.20 bits per heavy atom. The summed E-state index contributed by atoms with van der Waals surface area (Å²) in [4.78, 5) is 12.6. The normalized spacial score (nSPS) is 22.1. The first kappa shape index (κ1) is 25.5. The van der Waals surface area contributed by atoms with E-state index in [4.69, 9.17) is 4.74 Å². The van der Waals surface area contributed by atoms with Gasteiger partial charge in [0.1, 0.15) is 4.90 Å². The first-order valence-electron chi connectivity index (χ1n) is 10.5. The number of hydrogen-bond acceptors (Lipinski definition) is 6. The molecule has 1 amide bonds. The summed E-state index contributed by atoms with van der Waals surface area (Å²) in [6.07, 6.45) is 1.14. The highest BCUT2D eigenvalue weighted by molar-refractivity contribution is 7.90. The first-order chi connectivity index (χ1) is 16.2. The minimum atomic E-state index is -4.24. The van der Waals surface area contributed by atoms with Gasteiger partial charge in [-0.1, -0.05) is 0 Å². The number of carbonyl (C=O) groups excluding carboxylic acids is 1. The number of amides is 1. The number of anilines is 1. The van der Waals surface area contributed by atoms with Gasteiger partial charge >= 0.3 is 0 Å². The average molecular weight is 537 g/mol. The van der Waals surface area contributed by atoms with Crippen molar-refractivity contribution in [2.24, 2.45) is 13.0 Å². The number of ether oxygens (including phenoxy) is 1. The monoisotopic (exact) mass is 536 g/mol. The zero-order valence-corrected chi connectivity index (χ0v) is 20.5. The maximum Gasteiger partial charge on any atom is 0.276 e. The lowest BCUT2D eigenvalue weighted by atomic mass is 10.1. The molecule has 3 heterocycles. The van der Waals surface area contributed by atoms with Gasteiger partial charge in [0.25, 0.3) is 5.91 Å². The summed E-state index contributed by atoms with van der Waals surface area (Å²) in [7, 11) is -6.50. The van der Waals surface area contributed by atoms with Gasteiger partial charge in [0.15, 0.2) is 28.9 Å². The van der Waals surface area contributed by atoms with E-state index in [1.54, 1.807) is 0 Å². The molecule has 2 aliphatic heterocycles. The zero-order chi connectivity index (χ0) is 25.9. The summed E-state index contributed by atoms with van der Waals surface area (Å²) in [5.41, 5.74) is -0.655. The largest absolute Gasteiger partial charge is 0.489 e. The van der Waals surface area contributed by atoms with Crippen molar-refractivity contribution in [2.75, 3.05) is 25.0 Å². The molecule has 2 N–H and O–H groups in total. The molecule has 4 rings (SSSR count). The van der Waals surface area contributed by atoms with Gasteiger partial charge < -0.3 is 14.6 Å². The van der Waals surface area contributed by atoms with E-state index in [0.717, 1.165) is 6.20 Å². The number of aryl methyl sites for hydroxylation is 1. The van der Waals surface area contributed by atoms with Crippen LogP contribution in [0, 0.1) is 23.4 Å². The molecule has 10 nitrogen and oxygen atoms in total. The van der Waals surface area contributed by atoms with E-state index < -0.39 is 66.3 Å². The van der Waals surface area contributed by atoms with Crippen molar-refractivity contribution >= 4 is 31.6 Å². The van der Waals surface area contributed by atoms with Crippen molar-refractivity contribution in [3.63, 3.8) is 0 Å². The summed E-state index contributed by atoms with van der Waals surface area (Å²) in [6.45, 7) is 2.90. The molecular formula is C20H23F3N4O6S2. The van der Waals surface area contributed by atoms with Crippen molar-refractivity contribution in [1.82, 2.24) is 13.6 Å². The molecule has 1 aromatic heterocycles. The SMILES string of the molecule is CC(C)S(=O)(=O)N1C[C@H]2COc3c(cn(C)c3C(=O)Nc3cc(F)c(F)c(F)c3)S(=O)(=O)N[C@H]2C1. The van der Waals surface area contributed by atoms with Gasteiger partial charge in [-0.3, -0.25) is 4.79 Å². The first-order valence-corrected chi connectivity index (χ1v) is 13.5. The van der Waals surface area contributed by atoms with E-state index in [-0.39, 0.29) is 36.0 Å². The molecule has 35 heavy (non-hydrogen) atoms. The van der Waals surface area contributed by atoms with Crippen LogP contribution >= 0.6 is 0 Å². The molecule has 0 aliphatic carbocycles. The number of nitrogens with one attached hydrogen (secondary N) is 2. The van der Waals surface area contributed by atoms with Gasteiger partial charge in [-0.2, -0.15) is 4.31 Å². The highest BCUT2D eigenvalue weighted by Crippen LogP contribution is 2.35. The van der Waals surface area contributed by atoms with Crippen molar-refractivity contribution < 1.29 is 39.5 Å².